The largest absolute Gasteiger partial charge is 0.756 e. The lowest BCUT2D eigenvalue weighted by Crippen LogP contribution is -2.37. The van der Waals surface area contributed by atoms with Crippen molar-refractivity contribution in [2.24, 2.45) is 0 Å². The molecule has 0 radical (unpaired) electrons. The zero-order valence-electron chi connectivity index (χ0n) is 27.8. The van der Waals surface area contributed by atoms with Gasteiger partial charge >= 0.3 is 11.9 Å². The van der Waals surface area contributed by atoms with Crippen molar-refractivity contribution in [2.45, 2.75) is 97.0 Å². The van der Waals surface area contributed by atoms with Crippen LogP contribution in [0.5, 0.6) is 0 Å². The Balaban J connectivity index is 4.47. The SMILES string of the molecule is CC/C=C\C/C=C\C/C=C\C/C=C\C/C=C\CCCC(=O)OC(COC(=O)CCCCC)COP(=O)([O-])OCC[N+](C)(C)C. The molecule has 0 bridgehead atoms. The van der Waals surface area contributed by atoms with Gasteiger partial charge in [0.15, 0.2) is 6.10 Å². The summed E-state index contributed by atoms with van der Waals surface area (Å²) in [7, 11) is 1.11. The third-order valence-corrected chi connectivity index (χ3v) is 7.02. The molecular formula is C34H58NO8P. The normalized spacial score (nSPS) is 14.8. The number of quaternary nitrogens is 1. The number of unbranched alkanes of at least 4 members (excludes halogenated alkanes) is 3. The smallest absolute Gasteiger partial charge is 0.306 e. The highest BCUT2D eigenvalue weighted by Crippen LogP contribution is 2.38. The van der Waals surface area contributed by atoms with Gasteiger partial charge in [-0.1, -0.05) is 87.4 Å². The number of allylic oxidation sites excluding steroid dienone is 10. The first-order chi connectivity index (χ1) is 21.0. The monoisotopic (exact) mass is 639 g/mol. The maximum Gasteiger partial charge on any atom is 0.306 e. The van der Waals surface area contributed by atoms with Gasteiger partial charge < -0.3 is 27.9 Å². The van der Waals surface area contributed by atoms with Gasteiger partial charge in [0.05, 0.1) is 27.7 Å². The lowest BCUT2D eigenvalue weighted by molar-refractivity contribution is -0.870. The van der Waals surface area contributed by atoms with Crippen LogP contribution in [0.2, 0.25) is 0 Å². The molecule has 0 aromatic heterocycles. The molecule has 0 aliphatic carbocycles. The molecule has 44 heavy (non-hydrogen) atoms. The van der Waals surface area contributed by atoms with Crippen molar-refractivity contribution in [3.8, 4) is 0 Å². The van der Waals surface area contributed by atoms with E-state index in [1.165, 1.54) is 0 Å². The Hall–Kier alpha value is -2.29. The Bertz CT molecular complexity index is 949. The van der Waals surface area contributed by atoms with Crippen LogP contribution in [-0.2, 0) is 32.7 Å². The van der Waals surface area contributed by atoms with Gasteiger partial charge in [-0.25, -0.2) is 0 Å². The minimum Gasteiger partial charge on any atom is -0.756 e. The first-order valence-electron chi connectivity index (χ1n) is 16.0. The summed E-state index contributed by atoms with van der Waals surface area (Å²) in [5.41, 5.74) is 0. The van der Waals surface area contributed by atoms with E-state index in [2.05, 4.69) is 61.6 Å². The number of phosphoric ester groups is 1. The van der Waals surface area contributed by atoms with Gasteiger partial charge in [0.25, 0.3) is 7.82 Å². The fraction of sp³-hybridized carbons (Fsp3) is 0.647. The second-order valence-corrected chi connectivity index (χ2v) is 12.9. The van der Waals surface area contributed by atoms with Crippen molar-refractivity contribution in [1.82, 2.24) is 0 Å². The second-order valence-electron chi connectivity index (χ2n) is 11.4. The molecule has 2 unspecified atom stereocenters. The lowest BCUT2D eigenvalue weighted by atomic mass is 10.2. The minimum atomic E-state index is -4.62. The number of esters is 2. The molecule has 0 aliphatic rings. The van der Waals surface area contributed by atoms with Crippen LogP contribution in [-0.4, -0.2) is 70.0 Å². The molecule has 0 N–H and O–H groups in total. The van der Waals surface area contributed by atoms with Gasteiger partial charge in [-0.3, -0.25) is 14.2 Å². The number of carbonyl (C=O) groups excluding carboxylic acids is 2. The zero-order valence-corrected chi connectivity index (χ0v) is 28.7. The number of hydrogen-bond donors (Lipinski definition) is 0. The molecule has 252 valence electrons. The molecule has 0 saturated heterocycles. The molecule has 0 fully saturated rings. The number of ether oxygens (including phenoxy) is 2. The fourth-order valence-electron chi connectivity index (χ4n) is 3.51. The number of nitrogens with zero attached hydrogens (tertiary/aromatic N) is 1. The summed E-state index contributed by atoms with van der Waals surface area (Å²) in [5.74, 6) is -0.943. The van der Waals surface area contributed by atoms with E-state index in [-0.39, 0.29) is 26.1 Å². The number of carbonyl (C=O) groups is 2. The van der Waals surface area contributed by atoms with E-state index in [4.69, 9.17) is 18.5 Å². The first kappa shape index (κ1) is 41.7. The van der Waals surface area contributed by atoms with Crippen LogP contribution >= 0.6 is 7.82 Å². The molecule has 0 heterocycles. The van der Waals surface area contributed by atoms with Gasteiger partial charge in [-0.15, -0.1) is 0 Å². The molecule has 0 amide bonds. The average molecular weight is 640 g/mol. The highest BCUT2D eigenvalue weighted by molar-refractivity contribution is 7.45. The Morgan fingerprint density at radius 1 is 0.727 bits per heavy atom. The molecule has 9 nitrogen and oxygen atoms in total. The van der Waals surface area contributed by atoms with Crippen molar-refractivity contribution in [3.05, 3.63) is 60.8 Å². The highest BCUT2D eigenvalue weighted by Gasteiger charge is 2.21. The molecule has 0 aromatic rings. The molecule has 0 aliphatic heterocycles. The van der Waals surface area contributed by atoms with Crippen molar-refractivity contribution >= 4 is 19.8 Å². The lowest BCUT2D eigenvalue weighted by Gasteiger charge is -2.28. The van der Waals surface area contributed by atoms with Gasteiger partial charge in [0.2, 0.25) is 0 Å². The molecule has 0 rings (SSSR count). The standard InChI is InChI=1S/C34H58NO8P/c1-6-8-10-11-12-13-14-15-16-17-18-19-20-21-22-23-25-27-34(37)43-32(30-40-33(36)26-24-9-7-2)31-42-44(38,39)41-29-28-35(3,4)5/h8,10,12-13,15-16,18-19,21-22,32H,6-7,9,11,14,17,20,23-31H2,1-5H3/b10-8-,13-12-,16-15-,19-18-,22-21-. The van der Waals surface area contributed by atoms with Gasteiger partial charge in [-0.2, -0.15) is 0 Å². The second kappa shape index (κ2) is 27.1. The first-order valence-corrected chi connectivity index (χ1v) is 17.5. The Labute approximate surface area is 266 Å². The van der Waals surface area contributed by atoms with Crippen LogP contribution in [0.25, 0.3) is 0 Å². The molecular weight excluding hydrogens is 581 g/mol. The van der Waals surface area contributed by atoms with Gasteiger partial charge in [0, 0.05) is 12.8 Å². The quantitative estimate of drug-likeness (QED) is 0.0306. The van der Waals surface area contributed by atoms with E-state index < -0.39 is 32.5 Å². The van der Waals surface area contributed by atoms with Crippen LogP contribution in [0.1, 0.15) is 90.9 Å². The molecule has 0 saturated carbocycles. The number of rotatable bonds is 27. The Morgan fingerprint density at radius 2 is 1.27 bits per heavy atom. The maximum atomic E-state index is 12.4. The van der Waals surface area contributed by atoms with E-state index >= 15 is 0 Å². The summed E-state index contributed by atoms with van der Waals surface area (Å²) < 4.78 is 33.2. The van der Waals surface area contributed by atoms with Gasteiger partial charge in [-0.05, 0) is 51.4 Å². The third kappa shape index (κ3) is 29.8. The fourth-order valence-corrected chi connectivity index (χ4v) is 4.24. The van der Waals surface area contributed by atoms with E-state index in [1.54, 1.807) is 0 Å². The highest BCUT2D eigenvalue weighted by atomic mass is 31.2. The van der Waals surface area contributed by atoms with Crippen molar-refractivity contribution < 1.29 is 42.1 Å². The van der Waals surface area contributed by atoms with Crippen LogP contribution in [0.4, 0.5) is 0 Å². The van der Waals surface area contributed by atoms with Crippen LogP contribution in [0.3, 0.4) is 0 Å². The van der Waals surface area contributed by atoms with Crippen LogP contribution in [0, 0.1) is 0 Å². The maximum absolute atomic E-state index is 12.4. The van der Waals surface area contributed by atoms with E-state index in [0.717, 1.165) is 44.9 Å². The topological polar surface area (TPSA) is 111 Å². The van der Waals surface area contributed by atoms with Crippen LogP contribution < -0.4 is 4.89 Å². The molecule has 10 heteroatoms. The van der Waals surface area contributed by atoms with E-state index in [0.29, 0.717) is 30.3 Å². The summed E-state index contributed by atoms with van der Waals surface area (Å²) >= 11 is 0. The zero-order chi connectivity index (χ0) is 32.9. The van der Waals surface area contributed by atoms with Crippen LogP contribution in [0.15, 0.2) is 60.8 Å². The van der Waals surface area contributed by atoms with E-state index in [1.807, 2.05) is 34.1 Å². The number of likely N-dealkylation sites (N-methyl/N-ethyl adjacent to an activating group) is 1. The Kier molecular flexibility index (Phi) is 25.6. The van der Waals surface area contributed by atoms with Gasteiger partial charge in [0.1, 0.15) is 19.8 Å². The summed E-state index contributed by atoms with van der Waals surface area (Å²) in [6.07, 6.45) is 29.2. The molecule has 0 spiro atoms. The molecule has 2 atom stereocenters. The summed E-state index contributed by atoms with van der Waals surface area (Å²) in [4.78, 5) is 36.6. The molecule has 0 aromatic carbocycles. The summed E-state index contributed by atoms with van der Waals surface area (Å²) in [6, 6.07) is 0. The predicted molar refractivity (Wildman–Crippen MR) is 176 cm³/mol. The van der Waals surface area contributed by atoms with Crippen molar-refractivity contribution in [3.63, 3.8) is 0 Å². The summed E-state index contributed by atoms with van der Waals surface area (Å²) in [6.45, 7) is 3.80. The Morgan fingerprint density at radius 3 is 1.82 bits per heavy atom. The average Bonchev–Trinajstić information content (AvgIpc) is 2.95. The number of hydrogen-bond acceptors (Lipinski definition) is 8. The third-order valence-electron chi connectivity index (χ3n) is 6.05. The van der Waals surface area contributed by atoms with Crippen molar-refractivity contribution in [2.75, 3.05) is 47.5 Å². The summed E-state index contributed by atoms with van der Waals surface area (Å²) in [5, 5.41) is 0. The minimum absolute atomic E-state index is 0.0447. The number of phosphoric acid groups is 1. The van der Waals surface area contributed by atoms with Crippen molar-refractivity contribution in [1.29, 1.82) is 0 Å². The predicted octanol–water partition coefficient (Wildman–Crippen LogP) is 7.15. The van der Waals surface area contributed by atoms with E-state index in [9.17, 15) is 19.0 Å².